The van der Waals surface area contributed by atoms with E-state index in [1.165, 1.54) is 5.56 Å². The second kappa shape index (κ2) is 6.39. The third-order valence-electron chi connectivity index (χ3n) is 2.75. The molecule has 0 atom stereocenters. The van der Waals surface area contributed by atoms with Crippen LogP contribution in [0.4, 0.5) is 0 Å². The lowest BCUT2D eigenvalue weighted by atomic mass is 9.87. The molecule has 1 N–H and O–H groups in total. The van der Waals surface area contributed by atoms with Crippen molar-refractivity contribution in [2.24, 2.45) is 0 Å². The molecule has 1 aromatic rings. The highest BCUT2D eigenvalue weighted by atomic mass is 16.1. The van der Waals surface area contributed by atoms with Gasteiger partial charge in [-0.3, -0.25) is 4.79 Å². The normalized spacial score (nSPS) is 11.8. The summed E-state index contributed by atoms with van der Waals surface area (Å²) >= 11 is 0. The van der Waals surface area contributed by atoms with Crippen LogP contribution >= 0.6 is 0 Å². The highest BCUT2D eigenvalue weighted by molar-refractivity contribution is 5.91. The first-order chi connectivity index (χ1) is 8.43. The molecule has 1 rings (SSSR count). The molecule has 0 aromatic heterocycles. The van der Waals surface area contributed by atoms with E-state index in [4.69, 9.17) is 0 Å². The van der Waals surface area contributed by atoms with Crippen molar-refractivity contribution < 1.29 is 4.79 Å². The molecule has 0 unspecified atom stereocenters. The van der Waals surface area contributed by atoms with E-state index < -0.39 is 0 Å². The van der Waals surface area contributed by atoms with Gasteiger partial charge in [-0.1, -0.05) is 52.0 Å². The van der Waals surface area contributed by atoms with Crippen molar-refractivity contribution in [1.29, 1.82) is 0 Å². The van der Waals surface area contributed by atoms with Crippen molar-refractivity contribution in [1.82, 2.24) is 5.32 Å². The zero-order valence-electron chi connectivity index (χ0n) is 11.8. The Hall–Kier alpha value is -1.57. The van der Waals surface area contributed by atoms with Gasteiger partial charge in [0.2, 0.25) is 5.91 Å². The summed E-state index contributed by atoms with van der Waals surface area (Å²) in [7, 11) is 0. The van der Waals surface area contributed by atoms with Gasteiger partial charge in [-0.25, -0.2) is 0 Å². The summed E-state index contributed by atoms with van der Waals surface area (Å²) in [6, 6.07) is 8.32. The summed E-state index contributed by atoms with van der Waals surface area (Å²) in [6.45, 7) is 9.34. The van der Waals surface area contributed by atoms with Crippen molar-refractivity contribution in [3.63, 3.8) is 0 Å². The Labute approximate surface area is 110 Å². The second-order valence-corrected chi connectivity index (χ2v) is 5.50. The van der Waals surface area contributed by atoms with E-state index in [9.17, 15) is 4.79 Å². The highest BCUT2D eigenvalue weighted by Crippen LogP contribution is 2.22. The maximum Gasteiger partial charge on any atom is 0.243 e. The molecule has 0 aliphatic heterocycles. The maximum absolute atomic E-state index is 11.4. The molecule has 0 saturated heterocycles. The fraction of sp³-hybridized carbons (Fsp3) is 0.438. The van der Waals surface area contributed by atoms with Crippen LogP contribution in [0.3, 0.4) is 0 Å². The first-order valence-electron chi connectivity index (χ1n) is 6.50. The summed E-state index contributed by atoms with van der Waals surface area (Å²) in [5.74, 6) is -0.0308. The third kappa shape index (κ3) is 4.74. The highest BCUT2D eigenvalue weighted by Gasteiger charge is 2.12. The lowest BCUT2D eigenvalue weighted by Crippen LogP contribution is -2.21. The Morgan fingerprint density at radius 2 is 1.83 bits per heavy atom. The Balaban J connectivity index is 2.64. The number of benzene rings is 1. The number of carbonyl (C=O) groups excluding carboxylic acids is 1. The van der Waals surface area contributed by atoms with Crippen LogP contribution in [0.2, 0.25) is 0 Å². The SMILES string of the molecule is CCCNC(=O)C=Cc1ccc(C(C)(C)C)cc1. The van der Waals surface area contributed by atoms with Crippen molar-refractivity contribution in [2.75, 3.05) is 6.54 Å². The van der Waals surface area contributed by atoms with Crippen molar-refractivity contribution in [3.8, 4) is 0 Å². The number of amides is 1. The van der Waals surface area contributed by atoms with Crippen LogP contribution in [-0.4, -0.2) is 12.5 Å². The molecule has 0 bridgehead atoms. The van der Waals surface area contributed by atoms with Gasteiger partial charge in [0.25, 0.3) is 0 Å². The quantitative estimate of drug-likeness (QED) is 0.808. The first kappa shape index (κ1) is 14.5. The van der Waals surface area contributed by atoms with Crippen LogP contribution in [0.1, 0.15) is 45.2 Å². The van der Waals surface area contributed by atoms with Crippen LogP contribution in [0, 0.1) is 0 Å². The van der Waals surface area contributed by atoms with E-state index in [1.54, 1.807) is 6.08 Å². The van der Waals surface area contributed by atoms with E-state index in [1.807, 2.05) is 25.1 Å². The molecule has 0 spiro atoms. The van der Waals surface area contributed by atoms with Gasteiger partial charge in [0.05, 0.1) is 0 Å². The topological polar surface area (TPSA) is 29.1 Å². The van der Waals surface area contributed by atoms with Gasteiger partial charge < -0.3 is 5.32 Å². The Morgan fingerprint density at radius 3 is 2.33 bits per heavy atom. The van der Waals surface area contributed by atoms with Gasteiger partial charge in [0, 0.05) is 12.6 Å². The molecule has 0 aliphatic carbocycles. The molecule has 0 aliphatic rings. The van der Waals surface area contributed by atoms with E-state index in [0.717, 1.165) is 18.5 Å². The molecule has 2 heteroatoms. The minimum Gasteiger partial charge on any atom is -0.353 e. The lowest BCUT2D eigenvalue weighted by molar-refractivity contribution is -0.116. The zero-order valence-corrected chi connectivity index (χ0v) is 11.8. The van der Waals surface area contributed by atoms with Crippen molar-refractivity contribution in [2.45, 2.75) is 39.5 Å². The van der Waals surface area contributed by atoms with E-state index in [0.29, 0.717) is 0 Å². The molecule has 0 heterocycles. The average molecular weight is 245 g/mol. The van der Waals surface area contributed by atoms with Gasteiger partial charge in [-0.05, 0) is 29.0 Å². The maximum atomic E-state index is 11.4. The number of hydrogen-bond donors (Lipinski definition) is 1. The van der Waals surface area contributed by atoms with Crippen LogP contribution in [0.5, 0.6) is 0 Å². The fourth-order valence-corrected chi connectivity index (χ4v) is 1.57. The zero-order chi connectivity index (χ0) is 13.6. The average Bonchev–Trinajstić information content (AvgIpc) is 2.33. The summed E-state index contributed by atoms with van der Waals surface area (Å²) in [6.07, 6.45) is 4.39. The van der Waals surface area contributed by atoms with E-state index >= 15 is 0 Å². The minimum absolute atomic E-state index is 0.0308. The Kier molecular flexibility index (Phi) is 5.14. The fourth-order valence-electron chi connectivity index (χ4n) is 1.57. The number of nitrogens with one attached hydrogen (secondary N) is 1. The smallest absolute Gasteiger partial charge is 0.243 e. The second-order valence-electron chi connectivity index (χ2n) is 5.50. The van der Waals surface area contributed by atoms with E-state index in [2.05, 4.69) is 38.2 Å². The molecule has 0 saturated carbocycles. The van der Waals surface area contributed by atoms with Gasteiger partial charge in [-0.15, -0.1) is 0 Å². The standard InChI is InChI=1S/C16H23NO/c1-5-12-17-15(18)11-8-13-6-9-14(10-7-13)16(2,3)4/h6-11H,5,12H2,1-4H3,(H,17,18). The van der Waals surface area contributed by atoms with E-state index in [-0.39, 0.29) is 11.3 Å². The van der Waals surface area contributed by atoms with Gasteiger partial charge >= 0.3 is 0 Å². The minimum atomic E-state index is -0.0308. The first-order valence-corrected chi connectivity index (χ1v) is 6.50. The number of hydrogen-bond acceptors (Lipinski definition) is 1. The van der Waals surface area contributed by atoms with Crippen LogP contribution in [0.25, 0.3) is 6.08 Å². The molecule has 0 radical (unpaired) electrons. The summed E-state index contributed by atoms with van der Waals surface area (Å²) in [5.41, 5.74) is 2.52. The number of carbonyl (C=O) groups is 1. The molecule has 0 fully saturated rings. The molecule has 2 nitrogen and oxygen atoms in total. The third-order valence-corrected chi connectivity index (χ3v) is 2.75. The van der Waals surface area contributed by atoms with Crippen molar-refractivity contribution in [3.05, 3.63) is 41.5 Å². The summed E-state index contributed by atoms with van der Waals surface area (Å²) in [5, 5.41) is 2.81. The predicted octanol–water partition coefficient (Wildman–Crippen LogP) is 3.52. The number of rotatable bonds is 4. The lowest BCUT2D eigenvalue weighted by Gasteiger charge is -2.18. The van der Waals surface area contributed by atoms with Gasteiger partial charge in [0.1, 0.15) is 0 Å². The Morgan fingerprint density at radius 1 is 1.22 bits per heavy atom. The molecule has 98 valence electrons. The Bertz CT molecular complexity index is 410. The molecular formula is C16H23NO. The summed E-state index contributed by atoms with van der Waals surface area (Å²) in [4.78, 5) is 11.4. The molecule has 18 heavy (non-hydrogen) atoms. The summed E-state index contributed by atoms with van der Waals surface area (Å²) < 4.78 is 0. The van der Waals surface area contributed by atoms with Crippen LogP contribution < -0.4 is 5.32 Å². The van der Waals surface area contributed by atoms with Crippen LogP contribution in [0.15, 0.2) is 30.3 Å². The van der Waals surface area contributed by atoms with Crippen LogP contribution in [-0.2, 0) is 10.2 Å². The van der Waals surface area contributed by atoms with Gasteiger partial charge in [-0.2, -0.15) is 0 Å². The molecule has 1 amide bonds. The van der Waals surface area contributed by atoms with Crippen molar-refractivity contribution >= 4 is 12.0 Å². The van der Waals surface area contributed by atoms with Gasteiger partial charge in [0.15, 0.2) is 0 Å². The monoisotopic (exact) mass is 245 g/mol. The molecular weight excluding hydrogens is 222 g/mol. The largest absolute Gasteiger partial charge is 0.353 e. The predicted molar refractivity (Wildman–Crippen MR) is 77.5 cm³/mol. The molecule has 1 aromatic carbocycles.